The number of nitrogens with one attached hydrogen (secondary N) is 1. The summed E-state index contributed by atoms with van der Waals surface area (Å²) in [6.45, 7) is 0. The van der Waals surface area contributed by atoms with Gasteiger partial charge in [-0.3, -0.25) is 0 Å². The first-order valence-electron chi connectivity index (χ1n) is 5.89. The molecule has 1 fully saturated rings. The van der Waals surface area contributed by atoms with E-state index in [4.69, 9.17) is 11.6 Å². The molecule has 1 N–H and O–H groups in total. The SMILES string of the molecule is O=S(=O)(NC1CCC(C(F)(F)F)CC1)c1cnc(Cl)s1. The first-order valence-corrected chi connectivity index (χ1v) is 8.56. The molecule has 2 rings (SSSR count). The third-order valence-electron chi connectivity index (χ3n) is 3.23. The molecule has 1 saturated carbocycles. The third kappa shape index (κ3) is 3.84. The highest BCUT2D eigenvalue weighted by Crippen LogP contribution is 2.37. The van der Waals surface area contributed by atoms with Gasteiger partial charge in [-0.2, -0.15) is 13.2 Å². The fourth-order valence-electron chi connectivity index (χ4n) is 2.18. The fourth-order valence-corrected chi connectivity index (χ4v) is 4.79. The molecule has 1 aliphatic carbocycles. The Balaban J connectivity index is 1.96. The monoisotopic (exact) mass is 348 g/mol. The highest BCUT2D eigenvalue weighted by molar-refractivity contribution is 7.91. The number of nitrogens with zero attached hydrogens (tertiary/aromatic N) is 1. The molecule has 1 aliphatic rings. The topological polar surface area (TPSA) is 59.1 Å². The Morgan fingerprint density at radius 1 is 1.30 bits per heavy atom. The van der Waals surface area contributed by atoms with Crippen molar-refractivity contribution in [3.8, 4) is 0 Å². The highest BCUT2D eigenvalue weighted by atomic mass is 35.5. The van der Waals surface area contributed by atoms with Crippen LogP contribution in [0.2, 0.25) is 4.47 Å². The van der Waals surface area contributed by atoms with Gasteiger partial charge in [0.1, 0.15) is 0 Å². The van der Waals surface area contributed by atoms with Crippen molar-refractivity contribution in [2.45, 2.75) is 42.1 Å². The molecule has 0 aliphatic heterocycles. The second kappa shape index (κ2) is 5.78. The molecule has 0 saturated heterocycles. The van der Waals surface area contributed by atoms with Crippen molar-refractivity contribution in [1.82, 2.24) is 9.71 Å². The van der Waals surface area contributed by atoms with E-state index in [1.54, 1.807) is 0 Å². The summed E-state index contributed by atoms with van der Waals surface area (Å²) in [5, 5.41) is 0. The highest BCUT2D eigenvalue weighted by Gasteiger charge is 2.42. The van der Waals surface area contributed by atoms with Crippen molar-refractivity contribution in [2.24, 2.45) is 5.92 Å². The van der Waals surface area contributed by atoms with Crippen LogP contribution >= 0.6 is 22.9 Å². The molecule has 0 bridgehead atoms. The van der Waals surface area contributed by atoms with E-state index in [0.717, 1.165) is 17.5 Å². The largest absolute Gasteiger partial charge is 0.391 e. The first kappa shape index (κ1) is 16.0. The van der Waals surface area contributed by atoms with E-state index < -0.39 is 28.2 Å². The van der Waals surface area contributed by atoms with E-state index >= 15 is 0 Å². The number of rotatable bonds is 3. The zero-order chi connectivity index (χ0) is 15.0. The summed E-state index contributed by atoms with van der Waals surface area (Å²) in [6.07, 6.45) is -2.82. The average Bonchev–Trinajstić information content (AvgIpc) is 2.76. The second-order valence-electron chi connectivity index (χ2n) is 4.64. The summed E-state index contributed by atoms with van der Waals surface area (Å²) in [7, 11) is -3.75. The number of thiazole rings is 1. The van der Waals surface area contributed by atoms with Crippen molar-refractivity contribution in [3.63, 3.8) is 0 Å². The lowest BCUT2D eigenvalue weighted by molar-refractivity contribution is -0.182. The summed E-state index contributed by atoms with van der Waals surface area (Å²) in [4.78, 5) is 3.64. The maximum Gasteiger partial charge on any atom is 0.391 e. The number of alkyl halides is 3. The van der Waals surface area contributed by atoms with Crippen LogP contribution in [0.4, 0.5) is 13.2 Å². The van der Waals surface area contributed by atoms with Crippen LogP contribution in [0, 0.1) is 5.92 Å². The second-order valence-corrected chi connectivity index (χ2v) is 8.20. The molecule has 1 aromatic heterocycles. The van der Waals surface area contributed by atoms with E-state index in [2.05, 4.69) is 9.71 Å². The molecule has 0 unspecified atom stereocenters. The first-order chi connectivity index (χ1) is 9.18. The number of hydrogen-bond acceptors (Lipinski definition) is 4. The molecule has 0 amide bonds. The van der Waals surface area contributed by atoms with E-state index in [0.29, 0.717) is 0 Å². The molecule has 0 aromatic carbocycles. The van der Waals surface area contributed by atoms with Gasteiger partial charge in [0.2, 0.25) is 0 Å². The lowest BCUT2D eigenvalue weighted by atomic mass is 9.86. The van der Waals surface area contributed by atoms with E-state index in [-0.39, 0.29) is 34.4 Å². The van der Waals surface area contributed by atoms with Crippen LogP contribution in [0.25, 0.3) is 0 Å². The Kier molecular flexibility index (Phi) is 4.63. The lowest BCUT2D eigenvalue weighted by Crippen LogP contribution is -2.39. The van der Waals surface area contributed by atoms with Crippen LogP contribution in [0.1, 0.15) is 25.7 Å². The van der Waals surface area contributed by atoms with Gasteiger partial charge >= 0.3 is 6.18 Å². The smallest absolute Gasteiger partial charge is 0.232 e. The van der Waals surface area contributed by atoms with Gasteiger partial charge < -0.3 is 0 Å². The predicted octanol–water partition coefficient (Wildman–Crippen LogP) is 3.20. The molecule has 10 heteroatoms. The molecule has 114 valence electrons. The summed E-state index contributed by atoms with van der Waals surface area (Å²) in [5.41, 5.74) is 0. The third-order valence-corrected chi connectivity index (χ3v) is 6.33. The normalized spacial score (nSPS) is 24.8. The minimum atomic E-state index is -4.20. The Morgan fingerprint density at radius 3 is 2.35 bits per heavy atom. The van der Waals surface area contributed by atoms with Crippen molar-refractivity contribution in [3.05, 3.63) is 10.7 Å². The molecule has 1 heterocycles. The van der Waals surface area contributed by atoms with Crippen LogP contribution in [0.5, 0.6) is 0 Å². The molecule has 20 heavy (non-hydrogen) atoms. The summed E-state index contributed by atoms with van der Waals surface area (Å²) >= 11 is 6.38. The Morgan fingerprint density at radius 2 is 1.90 bits per heavy atom. The quantitative estimate of drug-likeness (QED) is 0.912. The minimum Gasteiger partial charge on any atom is -0.232 e. The number of sulfonamides is 1. The van der Waals surface area contributed by atoms with Gasteiger partial charge in [-0.05, 0) is 25.7 Å². The van der Waals surface area contributed by atoms with Gasteiger partial charge in [0.05, 0.1) is 12.1 Å². The van der Waals surface area contributed by atoms with Gasteiger partial charge in [0.15, 0.2) is 8.68 Å². The Hall–Kier alpha value is -0.380. The maximum absolute atomic E-state index is 12.5. The van der Waals surface area contributed by atoms with Crippen molar-refractivity contribution in [2.75, 3.05) is 0 Å². The lowest BCUT2D eigenvalue weighted by Gasteiger charge is -2.29. The molecule has 1 aromatic rings. The molecule has 0 atom stereocenters. The van der Waals surface area contributed by atoms with Crippen molar-refractivity contribution < 1.29 is 21.6 Å². The van der Waals surface area contributed by atoms with Crippen molar-refractivity contribution >= 4 is 33.0 Å². The van der Waals surface area contributed by atoms with Crippen molar-refractivity contribution in [1.29, 1.82) is 0 Å². The summed E-state index contributed by atoms with van der Waals surface area (Å²) in [6, 6.07) is -0.473. The molecule has 4 nitrogen and oxygen atoms in total. The standard InChI is InChI=1S/C10H12ClF3N2O2S2/c11-9-15-5-8(19-9)20(17,18)16-7-3-1-6(2-4-7)10(12,13)14/h5-7,16H,1-4H2. The maximum atomic E-state index is 12.5. The van der Waals surface area contributed by atoms with Gasteiger partial charge in [0, 0.05) is 6.04 Å². The van der Waals surface area contributed by atoms with E-state index in [1.165, 1.54) is 0 Å². The van der Waals surface area contributed by atoms with Gasteiger partial charge in [0.25, 0.3) is 10.0 Å². The van der Waals surface area contributed by atoms with Crippen LogP contribution in [0.3, 0.4) is 0 Å². The molecule has 0 radical (unpaired) electrons. The zero-order valence-electron chi connectivity index (χ0n) is 10.2. The van der Waals surface area contributed by atoms with E-state index in [9.17, 15) is 21.6 Å². The Labute approximate surface area is 123 Å². The Bertz CT molecular complexity index is 565. The number of aromatic nitrogens is 1. The zero-order valence-corrected chi connectivity index (χ0v) is 12.5. The van der Waals surface area contributed by atoms with Crippen LogP contribution in [0.15, 0.2) is 10.4 Å². The van der Waals surface area contributed by atoms with Gasteiger partial charge in [-0.15, -0.1) is 0 Å². The van der Waals surface area contributed by atoms with Crippen LogP contribution in [-0.4, -0.2) is 25.6 Å². The summed E-state index contributed by atoms with van der Waals surface area (Å²) in [5.74, 6) is -1.33. The fraction of sp³-hybridized carbons (Fsp3) is 0.700. The van der Waals surface area contributed by atoms with E-state index in [1.807, 2.05) is 0 Å². The average molecular weight is 349 g/mol. The van der Waals surface area contributed by atoms with Gasteiger partial charge in [-0.1, -0.05) is 22.9 Å². The molecule has 0 spiro atoms. The summed E-state index contributed by atoms with van der Waals surface area (Å²) < 4.78 is 64.0. The van der Waals surface area contributed by atoms with Crippen LogP contribution < -0.4 is 4.72 Å². The van der Waals surface area contributed by atoms with Gasteiger partial charge in [-0.25, -0.2) is 18.1 Å². The molecular formula is C10H12ClF3N2O2S2. The minimum absolute atomic E-state index is 0.0274. The van der Waals surface area contributed by atoms with Crippen LogP contribution in [-0.2, 0) is 10.0 Å². The number of halogens is 4. The number of hydrogen-bond donors (Lipinski definition) is 1. The predicted molar refractivity (Wildman–Crippen MR) is 69.2 cm³/mol. The molecular weight excluding hydrogens is 337 g/mol.